The lowest BCUT2D eigenvalue weighted by molar-refractivity contribution is -0.0584. The van der Waals surface area contributed by atoms with E-state index in [1.54, 1.807) is 16.8 Å². The first-order valence-corrected chi connectivity index (χ1v) is 6.73. The first-order valence-electron chi connectivity index (χ1n) is 6.73. The van der Waals surface area contributed by atoms with Crippen molar-refractivity contribution < 1.29 is 19.2 Å². The third kappa shape index (κ3) is 2.16. The quantitative estimate of drug-likeness (QED) is 0.808. The number of carbonyl (C=O) groups is 3. The van der Waals surface area contributed by atoms with Crippen LogP contribution in [0.1, 0.15) is 51.0 Å². The van der Waals surface area contributed by atoms with Crippen LogP contribution in [0.5, 0.6) is 0 Å². The topological polar surface area (TPSA) is 81.5 Å². The molecule has 2 amide bonds. The van der Waals surface area contributed by atoms with Crippen molar-refractivity contribution in [2.24, 2.45) is 0 Å². The molecule has 0 radical (unpaired) electrons. The third-order valence-corrected chi connectivity index (χ3v) is 3.30. The monoisotopic (exact) mass is 299 g/mol. The number of rotatable bonds is 3. The number of imide groups is 1. The highest BCUT2D eigenvalue weighted by Crippen LogP contribution is 2.23. The van der Waals surface area contributed by atoms with Crippen molar-refractivity contribution in [1.29, 1.82) is 0 Å². The van der Waals surface area contributed by atoms with E-state index in [2.05, 4.69) is 5.10 Å². The van der Waals surface area contributed by atoms with Crippen LogP contribution in [-0.2, 0) is 4.84 Å². The van der Waals surface area contributed by atoms with Gasteiger partial charge in [-0.15, -0.1) is 0 Å². The molecule has 0 unspecified atom stereocenters. The van der Waals surface area contributed by atoms with Crippen LogP contribution >= 0.6 is 0 Å². The van der Waals surface area contributed by atoms with E-state index >= 15 is 0 Å². The summed E-state index contributed by atoms with van der Waals surface area (Å²) in [6, 6.07) is 6.39. The highest BCUT2D eigenvalue weighted by atomic mass is 16.7. The van der Waals surface area contributed by atoms with Crippen molar-refractivity contribution in [2.45, 2.75) is 19.9 Å². The number of fused-ring (bicyclic) bond motifs is 1. The molecule has 22 heavy (non-hydrogen) atoms. The molecular formula is C15H13N3O4. The Morgan fingerprint density at radius 1 is 1.14 bits per heavy atom. The van der Waals surface area contributed by atoms with Crippen molar-refractivity contribution in [2.75, 3.05) is 0 Å². The van der Waals surface area contributed by atoms with Crippen LogP contribution in [0.2, 0.25) is 0 Å². The van der Waals surface area contributed by atoms with Gasteiger partial charge in [0.25, 0.3) is 11.8 Å². The van der Waals surface area contributed by atoms with E-state index in [0.29, 0.717) is 5.06 Å². The molecule has 112 valence electrons. The Bertz CT molecular complexity index is 744. The highest BCUT2D eigenvalue weighted by molar-refractivity contribution is 6.21. The van der Waals surface area contributed by atoms with E-state index in [1.807, 2.05) is 13.8 Å². The first-order chi connectivity index (χ1) is 10.5. The number of hydroxylamine groups is 2. The van der Waals surface area contributed by atoms with Gasteiger partial charge in [0.2, 0.25) is 0 Å². The van der Waals surface area contributed by atoms with E-state index in [0.717, 1.165) is 0 Å². The largest absolute Gasteiger partial charge is 0.367 e. The summed E-state index contributed by atoms with van der Waals surface area (Å²) in [7, 11) is 0. The van der Waals surface area contributed by atoms with E-state index < -0.39 is 17.8 Å². The molecule has 1 aromatic heterocycles. The number of hydrogen-bond donors (Lipinski definition) is 0. The van der Waals surface area contributed by atoms with Gasteiger partial charge in [0.1, 0.15) is 0 Å². The van der Waals surface area contributed by atoms with E-state index in [1.165, 1.54) is 24.5 Å². The van der Waals surface area contributed by atoms with Crippen LogP contribution in [0.3, 0.4) is 0 Å². The van der Waals surface area contributed by atoms with Gasteiger partial charge in [-0.05, 0) is 26.0 Å². The highest BCUT2D eigenvalue weighted by Gasteiger charge is 2.38. The average Bonchev–Trinajstić information content (AvgIpc) is 3.08. The summed E-state index contributed by atoms with van der Waals surface area (Å²) in [6.45, 7) is 3.82. The summed E-state index contributed by atoms with van der Waals surface area (Å²) >= 11 is 0. The van der Waals surface area contributed by atoms with Crippen LogP contribution in [0.4, 0.5) is 0 Å². The number of aromatic nitrogens is 2. The lowest BCUT2D eigenvalue weighted by atomic mass is 10.1. The molecule has 0 spiro atoms. The fraction of sp³-hybridized carbons (Fsp3) is 0.200. The maximum absolute atomic E-state index is 12.1. The molecule has 7 heteroatoms. The Labute approximate surface area is 126 Å². The summed E-state index contributed by atoms with van der Waals surface area (Å²) in [5.41, 5.74) is 0.613. The summed E-state index contributed by atoms with van der Waals surface area (Å²) in [5.74, 6) is -2.10. The lowest BCUT2D eigenvalue weighted by Crippen LogP contribution is -2.32. The van der Waals surface area contributed by atoms with Gasteiger partial charge < -0.3 is 4.84 Å². The third-order valence-electron chi connectivity index (χ3n) is 3.30. The molecule has 3 rings (SSSR count). The van der Waals surface area contributed by atoms with Crippen molar-refractivity contribution in [3.63, 3.8) is 0 Å². The molecule has 1 aliphatic rings. The zero-order valence-corrected chi connectivity index (χ0v) is 12.0. The van der Waals surface area contributed by atoms with Gasteiger partial charge in [-0.25, -0.2) is 4.79 Å². The zero-order valence-electron chi connectivity index (χ0n) is 12.0. The number of nitrogens with zero attached hydrogens (tertiary/aromatic N) is 3. The van der Waals surface area contributed by atoms with Gasteiger partial charge in [0, 0.05) is 12.2 Å². The molecule has 1 aliphatic heterocycles. The molecule has 0 fully saturated rings. The summed E-state index contributed by atoms with van der Waals surface area (Å²) in [6.07, 6.45) is 2.84. The van der Waals surface area contributed by atoms with Gasteiger partial charge >= 0.3 is 5.97 Å². The number of hydrogen-bond acceptors (Lipinski definition) is 5. The Hall–Kier alpha value is -2.96. The Morgan fingerprint density at radius 2 is 1.73 bits per heavy atom. The molecule has 2 heterocycles. The van der Waals surface area contributed by atoms with Gasteiger partial charge in [-0.2, -0.15) is 5.10 Å². The van der Waals surface area contributed by atoms with Crippen LogP contribution in [0.15, 0.2) is 36.7 Å². The van der Waals surface area contributed by atoms with E-state index in [-0.39, 0.29) is 22.7 Å². The zero-order chi connectivity index (χ0) is 15.9. The second-order valence-corrected chi connectivity index (χ2v) is 5.13. The maximum atomic E-state index is 12.1. The smallest absolute Gasteiger partial charge is 0.324 e. The summed E-state index contributed by atoms with van der Waals surface area (Å²) in [4.78, 5) is 41.2. The molecule has 1 aromatic carbocycles. The van der Waals surface area contributed by atoms with E-state index in [9.17, 15) is 14.4 Å². The van der Waals surface area contributed by atoms with Gasteiger partial charge in [0.05, 0.1) is 22.9 Å². The molecule has 0 N–H and O–H groups in total. The first kappa shape index (κ1) is 14.0. The SMILES string of the molecule is CC(C)n1cc(C(=O)ON2C(=O)c3ccccc3C2=O)cn1. The minimum atomic E-state index is -0.804. The van der Waals surface area contributed by atoms with Gasteiger partial charge in [-0.1, -0.05) is 17.2 Å². The van der Waals surface area contributed by atoms with Crippen LogP contribution < -0.4 is 0 Å². The lowest BCUT2D eigenvalue weighted by Gasteiger charge is -2.11. The van der Waals surface area contributed by atoms with Crippen molar-refractivity contribution in [3.05, 3.63) is 53.3 Å². The Kier molecular flexibility index (Phi) is 3.25. The van der Waals surface area contributed by atoms with Gasteiger partial charge in [0.15, 0.2) is 0 Å². The fourth-order valence-corrected chi connectivity index (χ4v) is 2.11. The fourth-order valence-electron chi connectivity index (χ4n) is 2.11. The standard InChI is InChI=1S/C15H13N3O4/c1-9(2)17-8-10(7-16-17)15(21)22-18-13(19)11-5-3-4-6-12(11)14(18)20/h3-9H,1-2H3. The van der Waals surface area contributed by atoms with Crippen molar-refractivity contribution in [1.82, 2.24) is 14.8 Å². The number of benzene rings is 1. The summed E-state index contributed by atoms with van der Waals surface area (Å²) in [5, 5.41) is 4.50. The predicted molar refractivity (Wildman–Crippen MR) is 75.0 cm³/mol. The van der Waals surface area contributed by atoms with E-state index in [4.69, 9.17) is 4.84 Å². The summed E-state index contributed by atoms with van der Waals surface area (Å²) < 4.78 is 1.58. The second kappa shape index (κ2) is 5.10. The van der Waals surface area contributed by atoms with Crippen molar-refractivity contribution >= 4 is 17.8 Å². The second-order valence-electron chi connectivity index (χ2n) is 5.13. The maximum Gasteiger partial charge on any atom is 0.367 e. The number of amides is 2. The predicted octanol–water partition coefficient (Wildman–Crippen LogP) is 1.83. The van der Waals surface area contributed by atoms with Crippen LogP contribution in [0.25, 0.3) is 0 Å². The Morgan fingerprint density at radius 3 is 2.23 bits per heavy atom. The molecule has 0 bridgehead atoms. The molecule has 0 aliphatic carbocycles. The Balaban J connectivity index is 1.80. The number of carbonyl (C=O) groups excluding carboxylic acids is 3. The normalized spacial score (nSPS) is 13.7. The molecule has 0 saturated heterocycles. The van der Waals surface area contributed by atoms with Crippen molar-refractivity contribution in [3.8, 4) is 0 Å². The molecule has 0 atom stereocenters. The molecule has 7 nitrogen and oxygen atoms in total. The molecule has 2 aromatic rings. The van der Waals surface area contributed by atoms with Crippen LogP contribution in [0, 0.1) is 0 Å². The molecule has 0 saturated carbocycles. The minimum Gasteiger partial charge on any atom is -0.324 e. The van der Waals surface area contributed by atoms with Crippen LogP contribution in [-0.4, -0.2) is 32.6 Å². The van der Waals surface area contributed by atoms with Gasteiger partial charge in [-0.3, -0.25) is 14.3 Å². The minimum absolute atomic E-state index is 0.0841. The molecular weight excluding hydrogens is 286 g/mol. The average molecular weight is 299 g/mol.